The molecule has 1 heterocycles. The van der Waals surface area contributed by atoms with Gasteiger partial charge in [0, 0.05) is 6.42 Å². The van der Waals surface area contributed by atoms with E-state index in [2.05, 4.69) is 12.1 Å². The summed E-state index contributed by atoms with van der Waals surface area (Å²) in [5.41, 5.74) is 4.55. The van der Waals surface area contributed by atoms with Gasteiger partial charge in [-0.15, -0.1) is 0 Å². The molecule has 0 saturated carbocycles. The highest BCUT2D eigenvalue weighted by Crippen LogP contribution is 2.44. The van der Waals surface area contributed by atoms with Crippen molar-refractivity contribution in [3.8, 4) is 17.9 Å². The number of hydrogen-bond donors (Lipinski definition) is 0. The van der Waals surface area contributed by atoms with Crippen molar-refractivity contribution < 1.29 is 13.2 Å². The second kappa shape index (κ2) is 9.37. The van der Waals surface area contributed by atoms with Crippen LogP contribution in [0.1, 0.15) is 40.8 Å². The molecule has 4 aromatic rings. The van der Waals surface area contributed by atoms with Gasteiger partial charge in [-0.05, 0) is 82.9 Å². The van der Waals surface area contributed by atoms with Gasteiger partial charge in [-0.2, -0.15) is 10.5 Å². The average Bonchev–Trinajstić information content (AvgIpc) is 3.31. The van der Waals surface area contributed by atoms with Crippen LogP contribution >= 0.6 is 0 Å². The van der Waals surface area contributed by atoms with E-state index in [0.29, 0.717) is 35.6 Å². The van der Waals surface area contributed by atoms with Crippen LogP contribution in [0, 0.1) is 22.7 Å². The SMILES string of the molecule is CCS(=O)(=O)N1c2ccc(OCc3ccc(C#N)cc3)cc2CC1c1ccc2ccc(C#N)cc2c1. The molecule has 0 amide bonds. The second-order valence-electron chi connectivity index (χ2n) is 8.74. The lowest BCUT2D eigenvalue weighted by molar-refractivity contribution is 0.306. The van der Waals surface area contributed by atoms with Crippen molar-refractivity contribution in [2.24, 2.45) is 0 Å². The highest BCUT2D eigenvalue weighted by atomic mass is 32.2. The Kier molecular flexibility index (Phi) is 6.10. The van der Waals surface area contributed by atoms with Gasteiger partial charge in [0.05, 0.1) is 40.7 Å². The number of fused-ring (bicyclic) bond motifs is 2. The van der Waals surface area contributed by atoms with E-state index in [0.717, 1.165) is 27.5 Å². The van der Waals surface area contributed by atoms with Gasteiger partial charge in [0.2, 0.25) is 10.0 Å². The highest BCUT2D eigenvalue weighted by Gasteiger charge is 2.37. The molecule has 5 rings (SSSR count). The summed E-state index contributed by atoms with van der Waals surface area (Å²) in [6.07, 6.45) is 0.520. The molecule has 0 bridgehead atoms. The number of ether oxygens (including phenoxy) is 1. The summed E-state index contributed by atoms with van der Waals surface area (Å²) in [6, 6.07) is 28.0. The number of anilines is 1. The minimum Gasteiger partial charge on any atom is -0.489 e. The Balaban J connectivity index is 1.47. The van der Waals surface area contributed by atoms with Gasteiger partial charge in [0.15, 0.2) is 0 Å². The van der Waals surface area contributed by atoms with E-state index < -0.39 is 10.0 Å². The zero-order valence-corrected chi connectivity index (χ0v) is 20.5. The van der Waals surface area contributed by atoms with Crippen LogP contribution in [0.5, 0.6) is 5.75 Å². The first-order chi connectivity index (χ1) is 17.4. The van der Waals surface area contributed by atoms with Crippen molar-refractivity contribution in [2.45, 2.75) is 26.0 Å². The molecule has 0 saturated heterocycles. The lowest BCUT2D eigenvalue weighted by Crippen LogP contribution is -2.33. The van der Waals surface area contributed by atoms with Crippen LogP contribution in [0.3, 0.4) is 0 Å². The molecule has 1 aliphatic rings. The molecule has 0 spiro atoms. The van der Waals surface area contributed by atoms with Gasteiger partial charge >= 0.3 is 0 Å². The lowest BCUT2D eigenvalue weighted by Gasteiger charge is -2.27. The summed E-state index contributed by atoms with van der Waals surface area (Å²) in [6.45, 7) is 2.00. The number of nitriles is 2. The van der Waals surface area contributed by atoms with E-state index in [-0.39, 0.29) is 11.8 Å². The number of nitrogens with zero attached hydrogens (tertiary/aromatic N) is 3. The Labute approximate surface area is 210 Å². The third-order valence-corrected chi connectivity index (χ3v) is 8.30. The molecular formula is C29H23N3O3S. The van der Waals surface area contributed by atoms with E-state index in [4.69, 9.17) is 10.00 Å². The first-order valence-electron chi connectivity index (χ1n) is 11.6. The standard InChI is InChI=1S/C29H23N3O3S/c1-2-36(33,34)32-28-12-11-27(35-19-21-5-3-20(17-30)4-6-21)15-26(28)16-29(32)24-10-9-23-8-7-22(18-31)13-25(23)14-24/h3-15,29H,2,16,19H2,1H3. The van der Waals surface area contributed by atoms with Crippen LogP contribution in [0.2, 0.25) is 0 Å². The molecule has 0 radical (unpaired) electrons. The zero-order chi connectivity index (χ0) is 25.3. The second-order valence-corrected chi connectivity index (χ2v) is 10.9. The Morgan fingerprint density at radius 3 is 2.33 bits per heavy atom. The first-order valence-corrected chi connectivity index (χ1v) is 13.2. The zero-order valence-electron chi connectivity index (χ0n) is 19.7. The van der Waals surface area contributed by atoms with Gasteiger partial charge in [-0.1, -0.05) is 30.3 Å². The fourth-order valence-corrected chi connectivity index (χ4v) is 5.95. The molecule has 1 atom stereocenters. The number of benzene rings is 4. The van der Waals surface area contributed by atoms with Gasteiger partial charge in [0.1, 0.15) is 12.4 Å². The minimum absolute atomic E-state index is 0.00789. The maximum atomic E-state index is 13.2. The van der Waals surface area contributed by atoms with Gasteiger partial charge in [-0.3, -0.25) is 4.31 Å². The van der Waals surface area contributed by atoms with Gasteiger partial charge in [0.25, 0.3) is 0 Å². The third-order valence-electron chi connectivity index (χ3n) is 6.52. The summed E-state index contributed by atoms with van der Waals surface area (Å²) < 4.78 is 33.9. The van der Waals surface area contributed by atoms with Crippen LogP contribution in [0.25, 0.3) is 10.8 Å². The summed E-state index contributed by atoms with van der Waals surface area (Å²) in [5, 5.41) is 20.1. The largest absolute Gasteiger partial charge is 0.489 e. The van der Waals surface area contributed by atoms with E-state index in [1.54, 1.807) is 31.2 Å². The van der Waals surface area contributed by atoms with Gasteiger partial charge in [-0.25, -0.2) is 8.42 Å². The van der Waals surface area contributed by atoms with Crippen molar-refractivity contribution in [1.29, 1.82) is 10.5 Å². The predicted octanol–water partition coefficient (Wildman–Crippen LogP) is 5.62. The fraction of sp³-hybridized carbons (Fsp3) is 0.172. The summed E-state index contributed by atoms with van der Waals surface area (Å²) in [7, 11) is -3.54. The molecule has 7 heteroatoms. The van der Waals surface area contributed by atoms with Crippen LogP contribution in [0.4, 0.5) is 5.69 Å². The van der Waals surface area contributed by atoms with Crippen molar-refractivity contribution in [2.75, 3.05) is 10.1 Å². The molecule has 0 aliphatic carbocycles. The molecule has 0 fully saturated rings. The van der Waals surface area contributed by atoms with Crippen molar-refractivity contribution in [1.82, 2.24) is 0 Å². The van der Waals surface area contributed by atoms with E-state index in [1.807, 2.05) is 54.6 Å². The maximum Gasteiger partial charge on any atom is 0.235 e. The third kappa shape index (κ3) is 4.37. The van der Waals surface area contributed by atoms with Crippen molar-refractivity contribution in [3.05, 3.63) is 107 Å². The summed E-state index contributed by atoms with van der Waals surface area (Å²) in [5.74, 6) is 0.649. The van der Waals surface area contributed by atoms with Crippen LogP contribution in [-0.2, 0) is 23.1 Å². The molecule has 4 aromatic carbocycles. The summed E-state index contributed by atoms with van der Waals surface area (Å²) >= 11 is 0. The van der Waals surface area contributed by atoms with E-state index in [9.17, 15) is 13.7 Å². The number of rotatable bonds is 6. The minimum atomic E-state index is -3.54. The molecular weight excluding hydrogens is 470 g/mol. The smallest absolute Gasteiger partial charge is 0.235 e. The lowest BCUT2D eigenvalue weighted by atomic mass is 9.98. The monoisotopic (exact) mass is 493 g/mol. The fourth-order valence-electron chi connectivity index (χ4n) is 4.61. The number of hydrogen-bond acceptors (Lipinski definition) is 5. The molecule has 1 unspecified atom stereocenters. The maximum absolute atomic E-state index is 13.2. The highest BCUT2D eigenvalue weighted by molar-refractivity contribution is 7.92. The molecule has 0 aromatic heterocycles. The van der Waals surface area contributed by atoms with E-state index >= 15 is 0 Å². The van der Waals surface area contributed by atoms with Crippen LogP contribution < -0.4 is 9.04 Å². The Bertz CT molecular complexity index is 1650. The Hall–Kier alpha value is -4.33. The Morgan fingerprint density at radius 2 is 1.61 bits per heavy atom. The summed E-state index contributed by atoms with van der Waals surface area (Å²) in [4.78, 5) is 0. The van der Waals surface area contributed by atoms with Crippen LogP contribution in [0.15, 0.2) is 78.9 Å². The molecule has 6 nitrogen and oxygen atoms in total. The molecule has 1 aliphatic heterocycles. The predicted molar refractivity (Wildman–Crippen MR) is 139 cm³/mol. The quantitative estimate of drug-likeness (QED) is 0.348. The van der Waals surface area contributed by atoms with Crippen molar-refractivity contribution in [3.63, 3.8) is 0 Å². The average molecular weight is 494 g/mol. The normalized spacial score (nSPS) is 14.8. The first kappa shape index (κ1) is 23.4. The Morgan fingerprint density at radius 1 is 0.889 bits per heavy atom. The van der Waals surface area contributed by atoms with Crippen LogP contribution in [-0.4, -0.2) is 14.2 Å². The number of sulfonamides is 1. The molecule has 36 heavy (non-hydrogen) atoms. The van der Waals surface area contributed by atoms with Crippen molar-refractivity contribution >= 4 is 26.5 Å². The van der Waals surface area contributed by atoms with Gasteiger partial charge < -0.3 is 4.74 Å². The topological polar surface area (TPSA) is 94.2 Å². The molecule has 0 N–H and O–H groups in total. The molecule has 178 valence electrons. The van der Waals surface area contributed by atoms with E-state index in [1.165, 1.54) is 4.31 Å².